The molecule has 0 atom stereocenters. The average molecular weight is 510 g/mol. The van der Waals surface area contributed by atoms with Crippen LogP contribution >= 0.6 is 11.8 Å². The summed E-state index contributed by atoms with van der Waals surface area (Å²) in [5, 5.41) is 4.04. The third kappa shape index (κ3) is 6.86. The molecule has 1 N–H and O–H groups in total. The van der Waals surface area contributed by atoms with E-state index in [1.165, 1.54) is 10.6 Å². The molecule has 3 aromatic rings. The number of aryl methyl sites for hydroxylation is 1. The predicted molar refractivity (Wildman–Crippen MR) is 142 cm³/mol. The van der Waals surface area contributed by atoms with Crippen molar-refractivity contribution in [1.29, 1.82) is 0 Å². The van der Waals surface area contributed by atoms with Crippen LogP contribution in [0.25, 0.3) is 0 Å². The highest BCUT2D eigenvalue weighted by atomic mass is 32.2. The molecule has 1 aliphatic heterocycles. The first-order valence-corrected chi connectivity index (χ1v) is 14.1. The Morgan fingerprint density at radius 3 is 2.46 bits per heavy atom. The second-order valence-corrected chi connectivity index (χ2v) is 11.3. The van der Waals surface area contributed by atoms with E-state index < -0.39 is 15.9 Å². The maximum Gasteiger partial charge on any atom is 0.271 e. The summed E-state index contributed by atoms with van der Waals surface area (Å²) in [7, 11) is -3.52. The summed E-state index contributed by atoms with van der Waals surface area (Å²) in [4.78, 5) is 12.5. The Kier molecular flexibility index (Phi) is 7.77. The minimum atomic E-state index is -3.52. The van der Waals surface area contributed by atoms with E-state index in [-0.39, 0.29) is 12.6 Å². The van der Waals surface area contributed by atoms with Crippen LogP contribution in [0.1, 0.15) is 27.0 Å². The van der Waals surface area contributed by atoms with Crippen LogP contribution in [0.4, 0.5) is 5.69 Å². The second kappa shape index (κ2) is 11.0. The normalized spacial score (nSPS) is 13.9. The molecule has 0 aromatic heterocycles. The van der Waals surface area contributed by atoms with Crippen LogP contribution in [0.5, 0.6) is 5.75 Å². The molecule has 0 aliphatic carbocycles. The van der Waals surface area contributed by atoms with Crippen LogP contribution < -0.4 is 14.5 Å². The number of hydrogen-bond acceptors (Lipinski definition) is 6. The zero-order valence-electron chi connectivity index (χ0n) is 19.5. The number of nitrogens with one attached hydrogen (secondary N) is 1. The van der Waals surface area contributed by atoms with E-state index in [1.807, 2.05) is 67.2 Å². The number of ether oxygens (including phenoxy) is 1. The summed E-state index contributed by atoms with van der Waals surface area (Å²) in [6, 6.07) is 21.6. The van der Waals surface area contributed by atoms with Gasteiger partial charge in [-0.15, -0.1) is 0 Å². The minimum Gasteiger partial charge on any atom is -0.489 e. The van der Waals surface area contributed by atoms with Crippen LogP contribution in [-0.2, 0) is 16.6 Å². The molecule has 1 saturated heterocycles. The molecule has 0 radical (unpaired) electrons. The fourth-order valence-corrected chi connectivity index (χ4v) is 4.86. The largest absolute Gasteiger partial charge is 0.489 e. The quantitative estimate of drug-likeness (QED) is 0.345. The van der Waals surface area contributed by atoms with Gasteiger partial charge < -0.3 is 4.74 Å². The van der Waals surface area contributed by atoms with Gasteiger partial charge in [0.05, 0.1) is 24.7 Å². The Morgan fingerprint density at radius 2 is 1.83 bits per heavy atom. The molecule has 0 spiro atoms. The number of anilines is 1. The molecule has 1 aliphatic rings. The van der Waals surface area contributed by atoms with E-state index in [2.05, 4.69) is 10.5 Å². The van der Waals surface area contributed by atoms with Crippen molar-refractivity contribution in [3.63, 3.8) is 0 Å². The van der Waals surface area contributed by atoms with Gasteiger partial charge in [-0.2, -0.15) is 16.9 Å². The lowest BCUT2D eigenvalue weighted by molar-refractivity contribution is 0.0955. The van der Waals surface area contributed by atoms with Crippen molar-refractivity contribution in [2.24, 2.45) is 5.10 Å². The number of hydrogen-bond donors (Lipinski definition) is 1. The Labute approximate surface area is 210 Å². The first-order chi connectivity index (χ1) is 16.8. The number of hydrazone groups is 1. The number of rotatable bonds is 9. The van der Waals surface area contributed by atoms with Gasteiger partial charge >= 0.3 is 0 Å². The molecule has 3 aromatic carbocycles. The number of carbonyl (C=O) groups is 1. The van der Waals surface area contributed by atoms with Crippen molar-refractivity contribution in [3.8, 4) is 5.75 Å². The van der Waals surface area contributed by atoms with Gasteiger partial charge in [0.1, 0.15) is 11.9 Å². The molecule has 182 valence electrons. The zero-order chi connectivity index (χ0) is 24.8. The van der Waals surface area contributed by atoms with E-state index in [0.717, 1.165) is 33.9 Å². The maximum atomic E-state index is 12.5. The van der Waals surface area contributed by atoms with Gasteiger partial charge in [0.25, 0.3) is 5.91 Å². The molecule has 9 heteroatoms. The third-order valence-corrected chi connectivity index (χ3v) is 7.77. The van der Waals surface area contributed by atoms with Crippen LogP contribution in [0.3, 0.4) is 0 Å². The Balaban J connectivity index is 1.39. The monoisotopic (exact) mass is 509 g/mol. The first kappa shape index (κ1) is 24.8. The zero-order valence-corrected chi connectivity index (χ0v) is 21.2. The lowest BCUT2D eigenvalue weighted by Crippen LogP contribution is -2.31. The molecule has 1 heterocycles. The van der Waals surface area contributed by atoms with Gasteiger partial charge in [-0.05, 0) is 54.4 Å². The van der Waals surface area contributed by atoms with Crippen LogP contribution in [-0.4, -0.2) is 44.4 Å². The molecule has 4 rings (SSSR count). The van der Waals surface area contributed by atoms with E-state index in [4.69, 9.17) is 4.74 Å². The highest BCUT2D eigenvalue weighted by Gasteiger charge is 2.20. The lowest BCUT2D eigenvalue weighted by Gasteiger charge is -2.25. The highest BCUT2D eigenvalue weighted by Crippen LogP contribution is 2.24. The molecule has 1 amide bonds. The van der Waals surface area contributed by atoms with Crippen molar-refractivity contribution in [1.82, 2.24) is 5.43 Å². The van der Waals surface area contributed by atoms with E-state index in [9.17, 15) is 13.2 Å². The fourth-order valence-electron chi connectivity index (χ4n) is 3.41. The Hall–Kier alpha value is -3.30. The lowest BCUT2D eigenvalue weighted by atomic mass is 10.1. The van der Waals surface area contributed by atoms with Gasteiger partial charge in [0.15, 0.2) is 0 Å². The minimum absolute atomic E-state index is 0.206. The van der Waals surface area contributed by atoms with Crippen molar-refractivity contribution in [2.75, 3.05) is 22.1 Å². The predicted octanol–water partition coefficient (Wildman–Crippen LogP) is 4.22. The molecular weight excluding hydrogens is 482 g/mol. The van der Waals surface area contributed by atoms with E-state index in [1.54, 1.807) is 30.5 Å². The standard InChI is InChI=1S/C26H27N3O4S2/c1-19-6-8-20(9-7-19)16-29(35(2,31)32)23-12-10-22(11-13-23)26(30)28-27-15-21-4-3-5-24(14-21)33-25-17-34-18-25/h3-15,25H,16-18H2,1-2H3,(H,28,30)/b27-15-. The molecule has 0 bridgehead atoms. The topological polar surface area (TPSA) is 88.1 Å². The highest BCUT2D eigenvalue weighted by molar-refractivity contribution is 8.00. The van der Waals surface area contributed by atoms with E-state index in [0.29, 0.717) is 11.3 Å². The van der Waals surface area contributed by atoms with Gasteiger partial charge in [0, 0.05) is 17.1 Å². The fraction of sp³-hybridized carbons (Fsp3) is 0.231. The van der Waals surface area contributed by atoms with Gasteiger partial charge in [-0.1, -0.05) is 42.0 Å². The second-order valence-electron chi connectivity index (χ2n) is 8.35. The summed E-state index contributed by atoms with van der Waals surface area (Å²) in [6.07, 6.45) is 2.98. The van der Waals surface area contributed by atoms with Gasteiger partial charge in [-0.3, -0.25) is 9.10 Å². The smallest absolute Gasteiger partial charge is 0.271 e. The molecule has 7 nitrogen and oxygen atoms in total. The molecule has 0 unspecified atom stereocenters. The summed E-state index contributed by atoms with van der Waals surface area (Å²) >= 11 is 1.86. The number of amides is 1. The van der Waals surface area contributed by atoms with E-state index >= 15 is 0 Å². The Bertz CT molecular complexity index is 1300. The van der Waals surface area contributed by atoms with Crippen LogP contribution in [0, 0.1) is 6.92 Å². The summed E-state index contributed by atoms with van der Waals surface area (Å²) in [5.41, 5.74) is 6.15. The summed E-state index contributed by atoms with van der Waals surface area (Å²) in [5.74, 6) is 2.39. The van der Waals surface area contributed by atoms with Gasteiger partial charge in [-0.25, -0.2) is 13.8 Å². The summed E-state index contributed by atoms with van der Waals surface area (Å²) < 4.78 is 32.0. The average Bonchev–Trinajstić information content (AvgIpc) is 2.81. The summed E-state index contributed by atoms with van der Waals surface area (Å²) in [6.45, 7) is 2.18. The van der Waals surface area contributed by atoms with Gasteiger partial charge in [0.2, 0.25) is 10.0 Å². The SMILES string of the molecule is Cc1ccc(CN(c2ccc(C(=O)N/N=C\c3cccc(OC4CSC4)c3)cc2)S(C)(=O)=O)cc1. The number of sulfonamides is 1. The first-order valence-electron chi connectivity index (χ1n) is 11.1. The Morgan fingerprint density at radius 1 is 1.11 bits per heavy atom. The number of carbonyl (C=O) groups excluding carboxylic acids is 1. The maximum absolute atomic E-state index is 12.5. The van der Waals surface area contributed by atoms with Crippen LogP contribution in [0.15, 0.2) is 77.9 Å². The van der Waals surface area contributed by atoms with Crippen molar-refractivity contribution in [2.45, 2.75) is 19.6 Å². The molecule has 1 fully saturated rings. The molecule has 0 saturated carbocycles. The third-order valence-electron chi connectivity index (χ3n) is 5.41. The number of thioether (sulfide) groups is 1. The van der Waals surface area contributed by atoms with Crippen molar-refractivity contribution in [3.05, 3.63) is 95.1 Å². The number of nitrogens with zero attached hydrogens (tertiary/aromatic N) is 2. The molecule has 35 heavy (non-hydrogen) atoms. The molecular formula is C26H27N3O4S2. The number of benzene rings is 3. The van der Waals surface area contributed by atoms with Crippen molar-refractivity contribution >= 4 is 39.6 Å². The van der Waals surface area contributed by atoms with Crippen molar-refractivity contribution < 1.29 is 17.9 Å². The van der Waals surface area contributed by atoms with Crippen LogP contribution in [0.2, 0.25) is 0 Å².